The SMILES string of the molecule is CC(=O)NC(CS)C(=O)N1CCN(CCO)CC1. The molecule has 0 saturated carbocycles. The number of piperazine rings is 1. The lowest BCUT2D eigenvalue weighted by Crippen LogP contribution is -2.55. The minimum Gasteiger partial charge on any atom is -0.395 e. The first kappa shape index (κ1) is 15.3. The Kier molecular flexibility index (Phi) is 6.45. The fourth-order valence-electron chi connectivity index (χ4n) is 1.98. The Hall–Kier alpha value is -0.790. The van der Waals surface area contributed by atoms with E-state index in [2.05, 4.69) is 22.8 Å². The monoisotopic (exact) mass is 275 g/mol. The van der Waals surface area contributed by atoms with E-state index in [0.29, 0.717) is 25.4 Å². The van der Waals surface area contributed by atoms with Crippen LogP contribution in [0.2, 0.25) is 0 Å². The minimum absolute atomic E-state index is 0.0798. The summed E-state index contributed by atoms with van der Waals surface area (Å²) in [7, 11) is 0. The van der Waals surface area contributed by atoms with Crippen molar-refractivity contribution < 1.29 is 14.7 Å². The second-order valence-electron chi connectivity index (χ2n) is 4.33. The van der Waals surface area contributed by atoms with Crippen LogP contribution >= 0.6 is 12.6 Å². The van der Waals surface area contributed by atoms with Gasteiger partial charge in [-0.1, -0.05) is 0 Å². The number of aliphatic hydroxyl groups excluding tert-OH is 1. The van der Waals surface area contributed by atoms with Crippen LogP contribution in [0.25, 0.3) is 0 Å². The molecule has 1 rings (SSSR count). The zero-order valence-electron chi connectivity index (χ0n) is 10.6. The van der Waals surface area contributed by atoms with Crippen molar-refractivity contribution >= 4 is 24.4 Å². The molecule has 1 aliphatic rings. The fourth-order valence-corrected chi connectivity index (χ4v) is 2.23. The maximum atomic E-state index is 12.1. The molecule has 0 radical (unpaired) electrons. The molecule has 0 aliphatic carbocycles. The van der Waals surface area contributed by atoms with Crippen LogP contribution in [0, 0.1) is 0 Å². The highest BCUT2D eigenvalue weighted by molar-refractivity contribution is 7.80. The molecule has 0 aromatic rings. The molecule has 0 bridgehead atoms. The second-order valence-corrected chi connectivity index (χ2v) is 4.69. The van der Waals surface area contributed by atoms with Crippen LogP contribution in [-0.4, -0.2) is 77.8 Å². The number of carbonyl (C=O) groups excluding carboxylic acids is 2. The summed E-state index contributed by atoms with van der Waals surface area (Å²) >= 11 is 4.09. The lowest BCUT2D eigenvalue weighted by Gasteiger charge is -2.36. The number of hydrogen-bond donors (Lipinski definition) is 3. The quantitative estimate of drug-likeness (QED) is 0.537. The highest BCUT2D eigenvalue weighted by Gasteiger charge is 2.26. The van der Waals surface area contributed by atoms with E-state index in [4.69, 9.17) is 5.11 Å². The van der Waals surface area contributed by atoms with Gasteiger partial charge in [0.2, 0.25) is 11.8 Å². The molecule has 1 atom stereocenters. The van der Waals surface area contributed by atoms with Crippen molar-refractivity contribution in [1.82, 2.24) is 15.1 Å². The van der Waals surface area contributed by atoms with Crippen molar-refractivity contribution in [2.45, 2.75) is 13.0 Å². The highest BCUT2D eigenvalue weighted by atomic mass is 32.1. The fraction of sp³-hybridized carbons (Fsp3) is 0.818. The van der Waals surface area contributed by atoms with Gasteiger partial charge in [-0.2, -0.15) is 12.6 Å². The molecule has 2 amide bonds. The number of amides is 2. The number of aliphatic hydroxyl groups is 1. The van der Waals surface area contributed by atoms with Crippen LogP contribution in [0.4, 0.5) is 0 Å². The topological polar surface area (TPSA) is 72.9 Å². The number of thiol groups is 1. The van der Waals surface area contributed by atoms with Crippen LogP contribution < -0.4 is 5.32 Å². The molecule has 2 N–H and O–H groups in total. The first-order chi connectivity index (χ1) is 8.58. The van der Waals surface area contributed by atoms with E-state index in [1.54, 1.807) is 4.90 Å². The van der Waals surface area contributed by atoms with E-state index in [-0.39, 0.29) is 18.4 Å². The van der Waals surface area contributed by atoms with E-state index in [1.807, 2.05) is 0 Å². The van der Waals surface area contributed by atoms with Crippen molar-refractivity contribution in [3.05, 3.63) is 0 Å². The van der Waals surface area contributed by atoms with Crippen LogP contribution in [-0.2, 0) is 9.59 Å². The number of nitrogens with zero attached hydrogens (tertiary/aromatic N) is 2. The first-order valence-electron chi connectivity index (χ1n) is 6.08. The Morgan fingerprint density at radius 2 is 1.94 bits per heavy atom. The number of rotatable bonds is 5. The van der Waals surface area contributed by atoms with Crippen molar-refractivity contribution in [2.75, 3.05) is 45.1 Å². The van der Waals surface area contributed by atoms with E-state index in [9.17, 15) is 9.59 Å². The van der Waals surface area contributed by atoms with Gasteiger partial charge in [-0.25, -0.2) is 0 Å². The summed E-state index contributed by atoms with van der Waals surface area (Å²) in [5, 5.41) is 11.4. The molecule has 0 aromatic carbocycles. The maximum absolute atomic E-state index is 12.1. The average molecular weight is 275 g/mol. The second kappa shape index (κ2) is 7.60. The molecule has 1 aliphatic heterocycles. The van der Waals surface area contributed by atoms with Crippen molar-refractivity contribution in [3.63, 3.8) is 0 Å². The molecule has 1 saturated heterocycles. The summed E-state index contributed by atoms with van der Waals surface area (Å²) in [4.78, 5) is 27.0. The molecular weight excluding hydrogens is 254 g/mol. The third-order valence-corrected chi connectivity index (χ3v) is 3.32. The summed E-state index contributed by atoms with van der Waals surface area (Å²) in [6, 6.07) is -0.546. The van der Waals surface area contributed by atoms with Crippen molar-refractivity contribution in [3.8, 4) is 0 Å². The van der Waals surface area contributed by atoms with E-state index in [1.165, 1.54) is 6.92 Å². The minimum atomic E-state index is -0.546. The summed E-state index contributed by atoms with van der Waals surface area (Å²) in [6.07, 6.45) is 0. The van der Waals surface area contributed by atoms with Gasteiger partial charge >= 0.3 is 0 Å². The molecule has 6 nitrogen and oxygen atoms in total. The summed E-state index contributed by atoms with van der Waals surface area (Å²) < 4.78 is 0. The van der Waals surface area contributed by atoms with Crippen molar-refractivity contribution in [1.29, 1.82) is 0 Å². The van der Waals surface area contributed by atoms with Gasteiger partial charge in [-0.3, -0.25) is 14.5 Å². The summed E-state index contributed by atoms with van der Waals surface area (Å²) in [5.41, 5.74) is 0. The first-order valence-corrected chi connectivity index (χ1v) is 6.71. The third kappa shape index (κ3) is 4.47. The van der Waals surface area contributed by atoms with Gasteiger partial charge in [-0.05, 0) is 0 Å². The molecule has 104 valence electrons. The average Bonchev–Trinajstić information content (AvgIpc) is 2.36. The molecule has 7 heteroatoms. The lowest BCUT2D eigenvalue weighted by atomic mass is 10.2. The molecule has 1 heterocycles. The van der Waals surface area contributed by atoms with Gasteiger partial charge in [0.25, 0.3) is 0 Å². The highest BCUT2D eigenvalue weighted by Crippen LogP contribution is 2.04. The zero-order chi connectivity index (χ0) is 13.5. The van der Waals surface area contributed by atoms with Gasteiger partial charge in [0.15, 0.2) is 0 Å². The summed E-state index contributed by atoms with van der Waals surface area (Å²) in [5.74, 6) is 0.0000875. The number of carbonyl (C=O) groups is 2. The van der Waals surface area contributed by atoms with E-state index in [0.717, 1.165) is 13.1 Å². The molecule has 0 aromatic heterocycles. The van der Waals surface area contributed by atoms with Gasteiger partial charge in [0.05, 0.1) is 6.61 Å². The van der Waals surface area contributed by atoms with Gasteiger partial charge in [-0.15, -0.1) is 0 Å². The van der Waals surface area contributed by atoms with E-state index >= 15 is 0 Å². The maximum Gasteiger partial charge on any atom is 0.246 e. The lowest BCUT2D eigenvalue weighted by molar-refractivity contribution is -0.137. The Bertz CT molecular complexity index is 293. The predicted molar refractivity (Wildman–Crippen MR) is 71.6 cm³/mol. The molecule has 0 spiro atoms. The number of β-amino-alcohol motifs (C(OH)–C–C–N with tert-alkyl or cyclic N) is 1. The van der Waals surface area contributed by atoms with Gasteiger partial charge < -0.3 is 15.3 Å². The summed E-state index contributed by atoms with van der Waals surface area (Å²) in [6.45, 7) is 4.94. The van der Waals surface area contributed by atoms with Crippen LogP contribution in [0.5, 0.6) is 0 Å². The smallest absolute Gasteiger partial charge is 0.246 e. The van der Waals surface area contributed by atoms with Crippen molar-refractivity contribution in [2.24, 2.45) is 0 Å². The number of nitrogens with one attached hydrogen (secondary N) is 1. The Morgan fingerprint density at radius 1 is 1.33 bits per heavy atom. The predicted octanol–water partition coefficient (Wildman–Crippen LogP) is -1.44. The molecule has 1 unspecified atom stereocenters. The Labute approximate surface area is 113 Å². The Morgan fingerprint density at radius 3 is 2.39 bits per heavy atom. The largest absolute Gasteiger partial charge is 0.395 e. The third-order valence-electron chi connectivity index (χ3n) is 2.96. The normalized spacial score (nSPS) is 18.5. The zero-order valence-corrected chi connectivity index (χ0v) is 11.5. The Balaban J connectivity index is 2.45. The van der Waals surface area contributed by atoms with Gasteiger partial charge in [0.1, 0.15) is 6.04 Å². The van der Waals surface area contributed by atoms with Gasteiger partial charge in [0, 0.05) is 45.4 Å². The van der Waals surface area contributed by atoms with Crippen LogP contribution in [0.15, 0.2) is 0 Å². The molecular formula is C11H21N3O3S. The number of hydrogen-bond acceptors (Lipinski definition) is 5. The molecule has 18 heavy (non-hydrogen) atoms. The van der Waals surface area contributed by atoms with Crippen LogP contribution in [0.1, 0.15) is 6.92 Å². The van der Waals surface area contributed by atoms with E-state index < -0.39 is 6.04 Å². The standard InChI is InChI=1S/C11H21N3O3S/c1-9(16)12-10(8-18)11(17)14-4-2-13(3-5-14)6-7-15/h10,15,18H,2-8H2,1H3,(H,12,16). The van der Waals surface area contributed by atoms with Crippen LogP contribution in [0.3, 0.4) is 0 Å². The molecule has 1 fully saturated rings.